The zero-order valence-corrected chi connectivity index (χ0v) is 6.79. The van der Waals surface area contributed by atoms with Gasteiger partial charge in [-0.1, -0.05) is 11.6 Å². The van der Waals surface area contributed by atoms with Crippen molar-refractivity contribution in [3.05, 3.63) is 35.3 Å². The van der Waals surface area contributed by atoms with Gasteiger partial charge in [0.25, 0.3) is 0 Å². The molecule has 0 heterocycles. The smallest absolute Gasteiger partial charge is 0.160 e. The number of aliphatic hydroxyl groups is 1. The third-order valence-electron chi connectivity index (χ3n) is 1.57. The molecule has 0 aliphatic heterocycles. The largest absolute Gasteiger partial charge is 0.504 e. The molecule has 2 heteroatoms. The molecule has 0 atom stereocenters. The van der Waals surface area contributed by atoms with Crippen molar-refractivity contribution in [3.8, 4) is 0 Å². The van der Waals surface area contributed by atoms with Gasteiger partial charge in [-0.2, -0.15) is 0 Å². The van der Waals surface area contributed by atoms with Gasteiger partial charge in [-0.3, -0.25) is 0 Å². The van der Waals surface area contributed by atoms with E-state index in [0.717, 1.165) is 6.42 Å². The van der Waals surface area contributed by atoms with E-state index in [9.17, 15) is 5.11 Å². The minimum Gasteiger partial charge on any atom is -0.504 e. The summed E-state index contributed by atoms with van der Waals surface area (Å²) < 4.78 is 4.96. The van der Waals surface area contributed by atoms with Crippen LogP contribution < -0.4 is 0 Å². The van der Waals surface area contributed by atoms with Crippen LogP contribution in [-0.2, 0) is 4.74 Å². The van der Waals surface area contributed by atoms with E-state index in [1.165, 1.54) is 5.57 Å². The van der Waals surface area contributed by atoms with Gasteiger partial charge in [0.2, 0.25) is 0 Å². The molecule has 60 valence electrons. The molecule has 1 N–H and O–H groups in total. The van der Waals surface area contributed by atoms with Crippen LogP contribution in [0.5, 0.6) is 0 Å². The lowest BCUT2D eigenvalue weighted by Gasteiger charge is -2.00. The number of ether oxygens (including phenoxy) is 1. The zero-order chi connectivity index (χ0) is 8.27. The zero-order valence-electron chi connectivity index (χ0n) is 6.79. The fourth-order valence-electron chi connectivity index (χ4n) is 0.959. The molecule has 0 bridgehead atoms. The van der Waals surface area contributed by atoms with E-state index in [4.69, 9.17) is 4.74 Å². The lowest BCUT2D eigenvalue weighted by molar-refractivity contribution is 0.275. The van der Waals surface area contributed by atoms with Crippen molar-refractivity contribution < 1.29 is 9.84 Å². The number of allylic oxidation sites excluding steroid dienone is 4. The molecule has 0 aromatic rings. The summed E-state index contributed by atoms with van der Waals surface area (Å²) in [7, 11) is 1.55. The van der Waals surface area contributed by atoms with Crippen LogP contribution in [0.4, 0.5) is 0 Å². The molecule has 0 amide bonds. The SMILES string of the molecule is COC1=C(O)C=CCC(C)=C1. The van der Waals surface area contributed by atoms with Gasteiger partial charge in [-0.25, -0.2) is 0 Å². The summed E-state index contributed by atoms with van der Waals surface area (Å²) in [5.74, 6) is 0.737. The second-order valence-electron chi connectivity index (χ2n) is 2.55. The highest BCUT2D eigenvalue weighted by molar-refractivity contribution is 5.30. The van der Waals surface area contributed by atoms with Crippen molar-refractivity contribution in [2.24, 2.45) is 0 Å². The van der Waals surface area contributed by atoms with Gasteiger partial charge >= 0.3 is 0 Å². The normalized spacial score (nSPS) is 17.8. The van der Waals surface area contributed by atoms with Crippen LogP contribution in [0, 0.1) is 0 Å². The summed E-state index contributed by atoms with van der Waals surface area (Å²) in [6.07, 6.45) is 6.28. The topological polar surface area (TPSA) is 29.5 Å². The molecule has 1 aliphatic rings. The van der Waals surface area contributed by atoms with E-state index >= 15 is 0 Å². The van der Waals surface area contributed by atoms with Crippen LogP contribution in [0.3, 0.4) is 0 Å². The predicted molar refractivity (Wildman–Crippen MR) is 44.2 cm³/mol. The summed E-state index contributed by atoms with van der Waals surface area (Å²) in [5.41, 5.74) is 1.18. The van der Waals surface area contributed by atoms with Gasteiger partial charge < -0.3 is 9.84 Å². The van der Waals surface area contributed by atoms with Gasteiger partial charge in [-0.05, 0) is 25.5 Å². The molecule has 0 spiro atoms. The molecule has 0 fully saturated rings. The molecular weight excluding hydrogens is 140 g/mol. The summed E-state index contributed by atoms with van der Waals surface area (Å²) in [4.78, 5) is 0. The summed E-state index contributed by atoms with van der Waals surface area (Å²) in [6.45, 7) is 2.00. The number of methoxy groups -OCH3 is 1. The van der Waals surface area contributed by atoms with E-state index in [1.54, 1.807) is 13.2 Å². The van der Waals surface area contributed by atoms with Crippen molar-refractivity contribution >= 4 is 0 Å². The fraction of sp³-hybridized carbons (Fsp3) is 0.333. The van der Waals surface area contributed by atoms with E-state index in [1.807, 2.05) is 19.1 Å². The first-order chi connectivity index (χ1) is 5.24. The van der Waals surface area contributed by atoms with E-state index in [0.29, 0.717) is 5.76 Å². The Hall–Kier alpha value is -1.18. The highest BCUT2D eigenvalue weighted by Crippen LogP contribution is 2.15. The first-order valence-electron chi connectivity index (χ1n) is 3.55. The van der Waals surface area contributed by atoms with E-state index in [-0.39, 0.29) is 5.76 Å². The molecule has 11 heavy (non-hydrogen) atoms. The Kier molecular flexibility index (Phi) is 2.36. The Morgan fingerprint density at radius 3 is 2.91 bits per heavy atom. The third-order valence-corrected chi connectivity index (χ3v) is 1.57. The highest BCUT2D eigenvalue weighted by Gasteiger charge is 2.02. The van der Waals surface area contributed by atoms with Crippen LogP contribution >= 0.6 is 0 Å². The average molecular weight is 152 g/mol. The van der Waals surface area contributed by atoms with Gasteiger partial charge in [-0.15, -0.1) is 0 Å². The minimum absolute atomic E-state index is 0.198. The molecule has 0 aromatic carbocycles. The van der Waals surface area contributed by atoms with Crippen LogP contribution in [-0.4, -0.2) is 12.2 Å². The Morgan fingerprint density at radius 2 is 2.27 bits per heavy atom. The maximum Gasteiger partial charge on any atom is 0.160 e. The second kappa shape index (κ2) is 3.28. The fourth-order valence-corrected chi connectivity index (χ4v) is 0.959. The second-order valence-corrected chi connectivity index (χ2v) is 2.55. The lowest BCUT2D eigenvalue weighted by atomic mass is 10.2. The van der Waals surface area contributed by atoms with Crippen molar-refractivity contribution in [2.45, 2.75) is 13.3 Å². The number of rotatable bonds is 1. The molecule has 0 radical (unpaired) electrons. The third kappa shape index (κ3) is 1.87. The molecule has 0 unspecified atom stereocenters. The molecule has 2 nitrogen and oxygen atoms in total. The maximum atomic E-state index is 9.29. The van der Waals surface area contributed by atoms with Crippen molar-refractivity contribution in [2.75, 3.05) is 7.11 Å². The standard InChI is InChI=1S/C9H12O2/c1-7-4-3-5-8(10)9(6-7)11-2/h3,5-6,10H,4H2,1-2H3. The number of hydrogen-bond donors (Lipinski definition) is 1. The van der Waals surface area contributed by atoms with E-state index < -0.39 is 0 Å². The Bertz CT molecular complexity index is 234. The quantitative estimate of drug-likeness (QED) is 0.624. The summed E-state index contributed by atoms with van der Waals surface area (Å²) in [5, 5.41) is 9.29. The lowest BCUT2D eigenvalue weighted by Crippen LogP contribution is -1.87. The molecule has 0 saturated heterocycles. The van der Waals surface area contributed by atoms with Crippen molar-refractivity contribution in [1.29, 1.82) is 0 Å². The average Bonchev–Trinajstić information content (AvgIpc) is 2.13. The van der Waals surface area contributed by atoms with Gasteiger partial charge in [0, 0.05) is 0 Å². The molecular formula is C9H12O2. The van der Waals surface area contributed by atoms with Crippen molar-refractivity contribution in [3.63, 3.8) is 0 Å². The Balaban J connectivity index is 2.97. The van der Waals surface area contributed by atoms with Crippen molar-refractivity contribution in [1.82, 2.24) is 0 Å². The number of hydrogen-bond acceptors (Lipinski definition) is 2. The van der Waals surface area contributed by atoms with E-state index in [2.05, 4.69) is 0 Å². The van der Waals surface area contributed by atoms with Crippen LogP contribution in [0.1, 0.15) is 13.3 Å². The summed E-state index contributed by atoms with van der Waals surface area (Å²) in [6, 6.07) is 0. The minimum atomic E-state index is 0.198. The van der Waals surface area contributed by atoms with Crippen LogP contribution in [0.15, 0.2) is 35.3 Å². The molecule has 1 aliphatic carbocycles. The number of aliphatic hydroxyl groups excluding tert-OH is 1. The van der Waals surface area contributed by atoms with Gasteiger partial charge in [0.15, 0.2) is 11.5 Å². The Labute approximate surface area is 66.5 Å². The molecule has 0 aromatic heterocycles. The Morgan fingerprint density at radius 1 is 1.55 bits per heavy atom. The van der Waals surface area contributed by atoms with Gasteiger partial charge in [0.1, 0.15) is 0 Å². The van der Waals surface area contributed by atoms with Crippen LogP contribution in [0.2, 0.25) is 0 Å². The highest BCUT2D eigenvalue weighted by atomic mass is 16.5. The monoisotopic (exact) mass is 152 g/mol. The first-order valence-corrected chi connectivity index (χ1v) is 3.55. The van der Waals surface area contributed by atoms with Gasteiger partial charge in [0.05, 0.1) is 7.11 Å². The first kappa shape index (κ1) is 7.92. The molecule has 1 rings (SSSR count). The maximum absolute atomic E-state index is 9.29. The molecule has 0 saturated carbocycles. The summed E-state index contributed by atoms with van der Waals surface area (Å²) >= 11 is 0. The van der Waals surface area contributed by atoms with Crippen LogP contribution in [0.25, 0.3) is 0 Å². The predicted octanol–water partition coefficient (Wildman–Crippen LogP) is 2.31.